The molecule has 0 unspecified atom stereocenters. The highest BCUT2D eigenvalue weighted by Crippen LogP contribution is 2.18. The van der Waals surface area contributed by atoms with Crippen LogP contribution in [-0.2, 0) is 0 Å². The summed E-state index contributed by atoms with van der Waals surface area (Å²) in [6.07, 6.45) is 2.26. The Labute approximate surface area is 143 Å². The molecule has 0 saturated heterocycles. The third-order valence-corrected chi connectivity index (χ3v) is 3.37. The van der Waals surface area contributed by atoms with E-state index in [-0.39, 0.29) is 12.0 Å². The lowest BCUT2D eigenvalue weighted by molar-refractivity contribution is 0.102. The van der Waals surface area contributed by atoms with E-state index in [2.05, 4.69) is 12.2 Å². The molecule has 1 N–H and O–H groups in total. The molecule has 24 heavy (non-hydrogen) atoms. The summed E-state index contributed by atoms with van der Waals surface area (Å²) in [6.45, 7) is 6.78. The molecule has 2 aromatic carbocycles. The Balaban J connectivity index is 1.91. The zero-order valence-electron chi connectivity index (χ0n) is 14.5. The molecule has 4 nitrogen and oxygen atoms in total. The van der Waals surface area contributed by atoms with Gasteiger partial charge in [-0.25, -0.2) is 0 Å². The summed E-state index contributed by atoms with van der Waals surface area (Å²) in [5.41, 5.74) is 1.33. The van der Waals surface area contributed by atoms with Crippen molar-refractivity contribution >= 4 is 11.6 Å². The van der Waals surface area contributed by atoms with Gasteiger partial charge in [-0.2, -0.15) is 0 Å². The van der Waals surface area contributed by atoms with E-state index in [1.54, 1.807) is 24.3 Å². The maximum atomic E-state index is 12.3. The monoisotopic (exact) mass is 327 g/mol. The zero-order valence-corrected chi connectivity index (χ0v) is 14.5. The quantitative estimate of drug-likeness (QED) is 0.701. The normalized spacial score (nSPS) is 10.5. The fourth-order valence-corrected chi connectivity index (χ4v) is 2.13. The summed E-state index contributed by atoms with van der Waals surface area (Å²) in [7, 11) is 0. The maximum Gasteiger partial charge on any atom is 0.255 e. The van der Waals surface area contributed by atoms with Crippen LogP contribution in [0.3, 0.4) is 0 Å². The molecule has 0 spiro atoms. The first-order valence-corrected chi connectivity index (χ1v) is 8.39. The summed E-state index contributed by atoms with van der Waals surface area (Å²) >= 11 is 0. The summed E-state index contributed by atoms with van der Waals surface area (Å²) in [6, 6.07) is 14.5. The lowest BCUT2D eigenvalue weighted by atomic mass is 10.2. The molecule has 0 aliphatic rings. The zero-order chi connectivity index (χ0) is 17.4. The van der Waals surface area contributed by atoms with E-state index >= 15 is 0 Å². The van der Waals surface area contributed by atoms with E-state index in [0.29, 0.717) is 12.2 Å². The second-order valence-corrected chi connectivity index (χ2v) is 5.87. The number of nitrogens with one attached hydrogen (secondary N) is 1. The van der Waals surface area contributed by atoms with Crippen molar-refractivity contribution in [2.45, 2.75) is 39.7 Å². The summed E-state index contributed by atoms with van der Waals surface area (Å²) in [5, 5.41) is 2.88. The lowest BCUT2D eigenvalue weighted by Gasteiger charge is -2.10. The molecule has 4 heteroatoms. The summed E-state index contributed by atoms with van der Waals surface area (Å²) in [5.74, 6) is 1.43. The number of unbranched alkanes of at least 4 members (excludes halogenated alkanes) is 1. The number of hydrogen-bond donors (Lipinski definition) is 1. The third-order valence-electron chi connectivity index (χ3n) is 3.37. The number of anilines is 1. The van der Waals surface area contributed by atoms with Crippen molar-refractivity contribution in [3.8, 4) is 11.5 Å². The first-order valence-electron chi connectivity index (χ1n) is 8.39. The van der Waals surface area contributed by atoms with Crippen molar-refractivity contribution in [3.05, 3.63) is 54.1 Å². The van der Waals surface area contributed by atoms with Gasteiger partial charge in [-0.3, -0.25) is 4.79 Å². The Kier molecular flexibility index (Phi) is 6.67. The molecule has 128 valence electrons. The molecule has 0 saturated carbocycles. The van der Waals surface area contributed by atoms with E-state index < -0.39 is 0 Å². The molecular formula is C20H25NO3. The number of amides is 1. The van der Waals surface area contributed by atoms with Gasteiger partial charge in [0.2, 0.25) is 0 Å². The van der Waals surface area contributed by atoms with Gasteiger partial charge in [-0.15, -0.1) is 0 Å². The number of rotatable bonds is 8. The minimum atomic E-state index is -0.147. The van der Waals surface area contributed by atoms with Gasteiger partial charge in [0.25, 0.3) is 5.91 Å². The first kappa shape index (κ1) is 17.9. The van der Waals surface area contributed by atoms with Crippen molar-refractivity contribution in [1.82, 2.24) is 0 Å². The van der Waals surface area contributed by atoms with Gasteiger partial charge >= 0.3 is 0 Å². The molecule has 0 radical (unpaired) electrons. The number of hydrogen-bond acceptors (Lipinski definition) is 3. The van der Waals surface area contributed by atoms with Crippen molar-refractivity contribution in [2.24, 2.45) is 0 Å². The lowest BCUT2D eigenvalue weighted by Crippen LogP contribution is -2.12. The minimum absolute atomic E-state index is 0.114. The molecule has 0 aliphatic heterocycles. The third kappa shape index (κ3) is 5.61. The number of benzene rings is 2. The smallest absolute Gasteiger partial charge is 0.255 e. The fourth-order valence-electron chi connectivity index (χ4n) is 2.13. The summed E-state index contributed by atoms with van der Waals surface area (Å²) < 4.78 is 11.2. The van der Waals surface area contributed by atoms with Gasteiger partial charge < -0.3 is 14.8 Å². The Morgan fingerprint density at radius 2 is 1.62 bits per heavy atom. The second-order valence-electron chi connectivity index (χ2n) is 5.87. The van der Waals surface area contributed by atoms with Crippen molar-refractivity contribution < 1.29 is 14.3 Å². The molecule has 0 aromatic heterocycles. The molecule has 0 fully saturated rings. The van der Waals surface area contributed by atoms with Gasteiger partial charge in [0.15, 0.2) is 0 Å². The van der Waals surface area contributed by atoms with E-state index in [0.717, 1.165) is 30.0 Å². The van der Waals surface area contributed by atoms with Crippen LogP contribution in [0.1, 0.15) is 44.0 Å². The molecule has 0 atom stereocenters. The molecular weight excluding hydrogens is 302 g/mol. The van der Waals surface area contributed by atoms with Crippen LogP contribution in [0.25, 0.3) is 0 Å². The Bertz CT molecular complexity index is 633. The fraction of sp³-hybridized carbons (Fsp3) is 0.350. The van der Waals surface area contributed by atoms with Crippen molar-refractivity contribution in [2.75, 3.05) is 11.9 Å². The van der Waals surface area contributed by atoms with E-state index in [1.807, 2.05) is 38.1 Å². The topological polar surface area (TPSA) is 47.6 Å². The highest BCUT2D eigenvalue weighted by Gasteiger charge is 2.07. The number of ether oxygens (including phenoxy) is 2. The molecule has 0 bridgehead atoms. The standard InChI is InChI=1S/C20H25NO3/c1-4-5-14-23-18-12-8-17(9-13-18)21-20(22)16-6-10-19(11-7-16)24-15(2)3/h6-13,15H,4-5,14H2,1-3H3,(H,21,22). The van der Waals surface area contributed by atoms with Gasteiger partial charge in [0.05, 0.1) is 12.7 Å². The average molecular weight is 327 g/mol. The summed E-state index contributed by atoms with van der Waals surface area (Å²) in [4.78, 5) is 12.3. The van der Waals surface area contributed by atoms with Gasteiger partial charge in [0, 0.05) is 11.3 Å². The molecule has 0 aliphatic carbocycles. The highest BCUT2D eigenvalue weighted by atomic mass is 16.5. The van der Waals surface area contributed by atoms with E-state index in [4.69, 9.17) is 9.47 Å². The SMILES string of the molecule is CCCCOc1ccc(NC(=O)c2ccc(OC(C)C)cc2)cc1. The Morgan fingerprint density at radius 3 is 2.21 bits per heavy atom. The largest absolute Gasteiger partial charge is 0.494 e. The number of carbonyl (C=O) groups is 1. The Hall–Kier alpha value is -2.49. The highest BCUT2D eigenvalue weighted by molar-refractivity contribution is 6.04. The van der Waals surface area contributed by atoms with E-state index in [1.165, 1.54) is 0 Å². The average Bonchev–Trinajstić information content (AvgIpc) is 2.57. The van der Waals surface area contributed by atoms with Crippen LogP contribution in [0.5, 0.6) is 11.5 Å². The van der Waals surface area contributed by atoms with Gasteiger partial charge in [-0.1, -0.05) is 13.3 Å². The van der Waals surface area contributed by atoms with Crippen LogP contribution in [0, 0.1) is 0 Å². The first-order chi connectivity index (χ1) is 11.6. The van der Waals surface area contributed by atoms with Crippen molar-refractivity contribution in [1.29, 1.82) is 0 Å². The van der Waals surface area contributed by atoms with Crippen molar-refractivity contribution in [3.63, 3.8) is 0 Å². The van der Waals surface area contributed by atoms with Crippen LogP contribution in [0.4, 0.5) is 5.69 Å². The van der Waals surface area contributed by atoms with Crippen LogP contribution < -0.4 is 14.8 Å². The predicted octanol–water partition coefficient (Wildman–Crippen LogP) is 4.91. The molecule has 2 aromatic rings. The number of carbonyl (C=O) groups excluding carboxylic acids is 1. The molecule has 2 rings (SSSR count). The van der Waals surface area contributed by atoms with Gasteiger partial charge in [-0.05, 0) is 68.8 Å². The molecule has 1 amide bonds. The minimum Gasteiger partial charge on any atom is -0.494 e. The van der Waals surface area contributed by atoms with Crippen LogP contribution in [-0.4, -0.2) is 18.6 Å². The predicted molar refractivity (Wildman–Crippen MR) is 97.0 cm³/mol. The van der Waals surface area contributed by atoms with E-state index in [9.17, 15) is 4.79 Å². The second kappa shape index (κ2) is 8.96. The van der Waals surface area contributed by atoms with Gasteiger partial charge in [0.1, 0.15) is 11.5 Å². The maximum absolute atomic E-state index is 12.3. The Morgan fingerprint density at radius 1 is 1.00 bits per heavy atom. The van der Waals surface area contributed by atoms with Crippen LogP contribution in [0.2, 0.25) is 0 Å². The molecule has 0 heterocycles. The van der Waals surface area contributed by atoms with Crippen LogP contribution in [0.15, 0.2) is 48.5 Å². The van der Waals surface area contributed by atoms with Crippen LogP contribution >= 0.6 is 0 Å².